The summed E-state index contributed by atoms with van der Waals surface area (Å²) in [6, 6.07) is 18.1. The molecule has 2 aromatic rings. The van der Waals surface area contributed by atoms with Crippen LogP contribution in [0.5, 0.6) is 0 Å². The third-order valence-electron chi connectivity index (χ3n) is 4.75. The fourth-order valence-electron chi connectivity index (χ4n) is 3.32. The summed E-state index contributed by atoms with van der Waals surface area (Å²) in [5, 5.41) is 3.08. The number of rotatable bonds is 4. The van der Waals surface area contributed by atoms with E-state index in [4.69, 9.17) is 0 Å². The van der Waals surface area contributed by atoms with Crippen LogP contribution in [0.1, 0.15) is 30.9 Å². The number of piperidine rings is 1. The van der Waals surface area contributed by atoms with E-state index >= 15 is 0 Å². The molecule has 1 fully saturated rings. The molecule has 3 rings (SSSR count). The molecule has 1 atom stereocenters. The maximum Gasteiger partial charge on any atom is 0.229 e. The Morgan fingerprint density at radius 2 is 1.80 bits per heavy atom. The van der Waals surface area contributed by atoms with Gasteiger partial charge in [0, 0.05) is 25.7 Å². The maximum absolute atomic E-state index is 12.7. The maximum atomic E-state index is 12.7. The van der Waals surface area contributed by atoms with Crippen LogP contribution in [0.25, 0.3) is 0 Å². The second kappa shape index (κ2) is 7.97. The SMILES string of the molecule is CC(=O)N1CCCC(C(=O)Nc2ccccc2Cc2ccccc2)C1. The fraction of sp³-hybridized carbons (Fsp3) is 0.333. The van der Waals surface area contributed by atoms with Gasteiger partial charge in [-0.05, 0) is 36.5 Å². The molecular formula is C21H24N2O2. The van der Waals surface area contributed by atoms with Crippen molar-refractivity contribution in [3.8, 4) is 0 Å². The van der Waals surface area contributed by atoms with Crippen LogP contribution in [0.15, 0.2) is 54.6 Å². The van der Waals surface area contributed by atoms with Crippen LogP contribution >= 0.6 is 0 Å². The van der Waals surface area contributed by atoms with E-state index in [-0.39, 0.29) is 17.7 Å². The number of likely N-dealkylation sites (tertiary alicyclic amines) is 1. The van der Waals surface area contributed by atoms with E-state index in [0.717, 1.165) is 37.1 Å². The zero-order chi connectivity index (χ0) is 17.6. The van der Waals surface area contributed by atoms with E-state index in [1.165, 1.54) is 5.56 Å². The van der Waals surface area contributed by atoms with E-state index in [2.05, 4.69) is 17.4 Å². The molecule has 130 valence electrons. The smallest absolute Gasteiger partial charge is 0.229 e. The summed E-state index contributed by atoms with van der Waals surface area (Å²) in [5.74, 6) is -0.0872. The van der Waals surface area contributed by atoms with Gasteiger partial charge in [-0.1, -0.05) is 48.5 Å². The number of nitrogens with one attached hydrogen (secondary N) is 1. The molecule has 0 aliphatic carbocycles. The minimum Gasteiger partial charge on any atom is -0.342 e. The van der Waals surface area contributed by atoms with Crippen molar-refractivity contribution in [3.63, 3.8) is 0 Å². The summed E-state index contributed by atoms with van der Waals surface area (Å²) < 4.78 is 0. The van der Waals surface area contributed by atoms with Gasteiger partial charge in [-0.15, -0.1) is 0 Å². The molecular weight excluding hydrogens is 312 g/mol. The molecule has 4 nitrogen and oxygen atoms in total. The summed E-state index contributed by atoms with van der Waals surface area (Å²) in [7, 11) is 0. The third kappa shape index (κ3) is 4.47. The molecule has 0 bridgehead atoms. The largest absolute Gasteiger partial charge is 0.342 e. The molecule has 0 radical (unpaired) electrons. The molecule has 1 aliphatic rings. The molecule has 2 amide bonds. The predicted octanol–water partition coefficient (Wildman–Crippen LogP) is 3.47. The van der Waals surface area contributed by atoms with Gasteiger partial charge in [0.25, 0.3) is 0 Å². The van der Waals surface area contributed by atoms with Crippen LogP contribution in [0, 0.1) is 5.92 Å². The highest BCUT2D eigenvalue weighted by Crippen LogP contribution is 2.22. The first-order chi connectivity index (χ1) is 12.1. The first kappa shape index (κ1) is 17.2. The van der Waals surface area contributed by atoms with E-state index in [9.17, 15) is 9.59 Å². The highest BCUT2D eigenvalue weighted by molar-refractivity contribution is 5.93. The van der Waals surface area contributed by atoms with E-state index in [0.29, 0.717) is 6.54 Å². The van der Waals surface area contributed by atoms with Crippen molar-refractivity contribution < 1.29 is 9.59 Å². The standard InChI is InChI=1S/C21H24N2O2/c1-16(24)23-13-7-11-19(15-23)21(25)22-20-12-6-5-10-18(20)14-17-8-3-2-4-9-17/h2-6,8-10,12,19H,7,11,13-15H2,1H3,(H,22,25). The number of hydrogen-bond donors (Lipinski definition) is 1. The Bertz CT molecular complexity index is 743. The van der Waals surface area contributed by atoms with E-state index in [1.807, 2.05) is 42.5 Å². The highest BCUT2D eigenvalue weighted by atomic mass is 16.2. The second-order valence-electron chi connectivity index (χ2n) is 6.61. The van der Waals surface area contributed by atoms with Crippen molar-refractivity contribution >= 4 is 17.5 Å². The number of carbonyl (C=O) groups is 2. The minimum atomic E-state index is -0.137. The summed E-state index contributed by atoms with van der Waals surface area (Å²) in [4.78, 5) is 26.0. The topological polar surface area (TPSA) is 49.4 Å². The normalized spacial score (nSPS) is 17.2. The van der Waals surface area contributed by atoms with Crippen LogP contribution in [0.4, 0.5) is 5.69 Å². The average Bonchev–Trinajstić information content (AvgIpc) is 2.64. The Morgan fingerprint density at radius 3 is 2.56 bits per heavy atom. The van der Waals surface area contributed by atoms with Crippen LogP contribution in [-0.4, -0.2) is 29.8 Å². The Kier molecular flexibility index (Phi) is 5.49. The van der Waals surface area contributed by atoms with Crippen molar-refractivity contribution in [2.75, 3.05) is 18.4 Å². The number of carbonyl (C=O) groups excluding carboxylic acids is 2. The number of nitrogens with zero attached hydrogens (tertiary/aromatic N) is 1. The lowest BCUT2D eigenvalue weighted by Crippen LogP contribution is -2.42. The molecule has 1 saturated heterocycles. The lowest BCUT2D eigenvalue weighted by molar-refractivity contribution is -0.132. The van der Waals surface area contributed by atoms with Gasteiger partial charge in [0.05, 0.1) is 5.92 Å². The Morgan fingerprint density at radius 1 is 1.08 bits per heavy atom. The molecule has 1 unspecified atom stereocenters. The number of anilines is 1. The van der Waals surface area contributed by atoms with Crippen LogP contribution in [-0.2, 0) is 16.0 Å². The van der Waals surface area contributed by atoms with Crippen molar-refractivity contribution in [2.24, 2.45) is 5.92 Å². The number of para-hydroxylation sites is 1. The third-order valence-corrected chi connectivity index (χ3v) is 4.75. The average molecular weight is 336 g/mol. The van der Waals surface area contributed by atoms with Crippen molar-refractivity contribution in [3.05, 3.63) is 65.7 Å². The predicted molar refractivity (Wildman–Crippen MR) is 99.3 cm³/mol. The lowest BCUT2D eigenvalue weighted by Gasteiger charge is -2.31. The molecule has 1 heterocycles. The van der Waals surface area contributed by atoms with Gasteiger partial charge in [-0.3, -0.25) is 9.59 Å². The van der Waals surface area contributed by atoms with Crippen molar-refractivity contribution in [2.45, 2.75) is 26.2 Å². The highest BCUT2D eigenvalue weighted by Gasteiger charge is 2.27. The van der Waals surface area contributed by atoms with Crippen LogP contribution in [0.3, 0.4) is 0 Å². The lowest BCUT2D eigenvalue weighted by atomic mass is 9.96. The Balaban J connectivity index is 1.70. The van der Waals surface area contributed by atoms with Gasteiger partial charge >= 0.3 is 0 Å². The van der Waals surface area contributed by atoms with Gasteiger partial charge in [0.1, 0.15) is 0 Å². The Hall–Kier alpha value is -2.62. The van der Waals surface area contributed by atoms with Crippen molar-refractivity contribution in [1.82, 2.24) is 4.90 Å². The minimum absolute atomic E-state index is 0.00598. The van der Waals surface area contributed by atoms with Gasteiger partial charge < -0.3 is 10.2 Å². The zero-order valence-electron chi connectivity index (χ0n) is 14.6. The summed E-state index contributed by atoms with van der Waals surface area (Å²) in [6.45, 7) is 2.83. The summed E-state index contributed by atoms with van der Waals surface area (Å²) in [5.41, 5.74) is 3.17. The second-order valence-corrected chi connectivity index (χ2v) is 6.61. The van der Waals surface area contributed by atoms with Crippen LogP contribution < -0.4 is 5.32 Å². The van der Waals surface area contributed by atoms with Gasteiger partial charge in [-0.2, -0.15) is 0 Å². The number of hydrogen-bond acceptors (Lipinski definition) is 2. The summed E-state index contributed by atoms with van der Waals surface area (Å²) in [6.07, 6.45) is 2.49. The van der Waals surface area contributed by atoms with E-state index in [1.54, 1.807) is 11.8 Å². The number of benzene rings is 2. The van der Waals surface area contributed by atoms with Gasteiger partial charge in [0.15, 0.2) is 0 Å². The molecule has 1 N–H and O–H groups in total. The monoisotopic (exact) mass is 336 g/mol. The zero-order valence-corrected chi connectivity index (χ0v) is 14.6. The molecule has 0 saturated carbocycles. The van der Waals surface area contributed by atoms with Gasteiger partial charge in [0.2, 0.25) is 11.8 Å². The van der Waals surface area contributed by atoms with Crippen molar-refractivity contribution in [1.29, 1.82) is 0 Å². The Labute approximate surface area is 148 Å². The molecule has 25 heavy (non-hydrogen) atoms. The quantitative estimate of drug-likeness (QED) is 0.929. The summed E-state index contributed by atoms with van der Waals surface area (Å²) >= 11 is 0. The molecule has 1 aliphatic heterocycles. The van der Waals surface area contributed by atoms with E-state index < -0.39 is 0 Å². The molecule has 2 aromatic carbocycles. The molecule has 0 spiro atoms. The van der Waals surface area contributed by atoms with Crippen LogP contribution in [0.2, 0.25) is 0 Å². The number of amides is 2. The first-order valence-corrected chi connectivity index (χ1v) is 8.81. The first-order valence-electron chi connectivity index (χ1n) is 8.81. The fourth-order valence-corrected chi connectivity index (χ4v) is 3.32. The van der Waals surface area contributed by atoms with Gasteiger partial charge in [-0.25, -0.2) is 0 Å². The molecule has 4 heteroatoms. The molecule has 0 aromatic heterocycles.